The maximum Gasteiger partial charge on any atom is 0.434 e. The molecule has 1 aromatic carbocycles. The lowest BCUT2D eigenvalue weighted by Crippen LogP contribution is -2.22. The number of rotatable bonds is 11. The smallest absolute Gasteiger partial charge is 0.434 e. The predicted octanol–water partition coefficient (Wildman–Crippen LogP) is 6.57. The molecule has 0 saturated heterocycles. The van der Waals surface area contributed by atoms with E-state index in [0.717, 1.165) is 23.5 Å². The number of ether oxygens (including phenoxy) is 2. The van der Waals surface area contributed by atoms with Gasteiger partial charge in [0.05, 0.1) is 24.7 Å². The molecule has 4 heterocycles. The van der Waals surface area contributed by atoms with E-state index in [-0.39, 0.29) is 30.0 Å². The quantitative estimate of drug-likeness (QED) is 0.0895. The van der Waals surface area contributed by atoms with Crippen LogP contribution in [0, 0.1) is 0 Å². The van der Waals surface area contributed by atoms with Gasteiger partial charge < -0.3 is 14.0 Å². The number of aromatic nitrogens is 8. The Kier molecular flexibility index (Phi) is 8.17. The van der Waals surface area contributed by atoms with Crippen molar-refractivity contribution in [3.63, 3.8) is 0 Å². The topological polar surface area (TPSA) is 106 Å². The van der Waals surface area contributed by atoms with Crippen LogP contribution in [0.3, 0.4) is 0 Å². The Hall–Kier alpha value is -4.24. The average molecular weight is 655 g/mol. The normalized spacial score (nSPS) is 14.6. The van der Waals surface area contributed by atoms with Gasteiger partial charge in [-0.25, -0.2) is 34.0 Å². The lowest BCUT2D eigenvalue weighted by molar-refractivity contribution is -0.140. The van der Waals surface area contributed by atoms with Gasteiger partial charge in [0.2, 0.25) is 5.88 Å². The van der Waals surface area contributed by atoms with E-state index < -0.39 is 25.6 Å². The third kappa shape index (κ3) is 6.51. The van der Waals surface area contributed by atoms with Crippen molar-refractivity contribution < 1.29 is 27.0 Å². The SMILES string of the molecule is COc1ncnc(C2(F)CC2)c1-c1ncc2nn(COCC[Si](C)(C)C)c(Cc3ccc(-c4nc(C(F)(F)F)cn4C)cc3)c2n1. The largest absolute Gasteiger partial charge is 0.480 e. The van der Waals surface area contributed by atoms with Gasteiger partial charge in [-0.15, -0.1) is 0 Å². The molecule has 242 valence electrons. The van der Waals surface area contributed by atoms with Crippen LogP contribution in [0.2, 0.25) is 25.7 Å². The van der Waals surface area contributed by atoms with E-state index in [0.29, 0.717) is 48.0 Å². The van der Waals surface area contributed by atoms with E-state index in [1.807, 2.05) is 12.1 Å². The Morgan fingerprint density at radius 2 is 1.76 bits per heavy atom. The van der Waals surface area contributed by atoms with Crippen LogP contribution < -0.4 is 4.74 Å². The molecule has 0 unspecified atom stereocenters. The molecule has 0 atom stereocenters. The maximum absolute atomic E-state index is 15.4. The lowest BCUT2D eigenvalue weighted by Gasteiger charge is -2.16. The first kappa shape index (κ1) is 31.7. The summed E-state index contributed by atoms with van der Waals surface area (Å²) >= 11 is 0. The molecule has 0 N–H and O–H groups in total. The van der Waals surface area contributed by atoms with Crippen molar-refractivity contribution in [1.29, 1.82) is 0 Å². The first-order chi connectivity index (χ1) is 21.8. The van der Waals surface area contributed by atoms with Crippen molar-refractivity contribution in [1.82, 2.24) is 39.3 Å². The summed E-state index contributed by atoms with van der Waals surface area (Å²) < 4.78 is 69.7. The highest BCUT2D eigenvalue weighted by Gasteiger charge is 2.49. The minimum absolute atomic E-state index is 0.176. The molecule has 0 radical (unpaired) electrons. The molecule has 5 aromatic rings. The molecule has 0 spiro atoms. The van der Waals surface area contributed by atoms with Gasteiger partial charge in [0.25, 0.3) is 0 Å². The van der Waals surface area contributed by atoms with Crippen molar-refractivity contribution in [3.8, 4) is 28.7 Å². The first-order valence-corrected chi connectivity index (χ1v) is 18.6. The average Bonchev–Trinajstić information content (AvgIpc) is 3.49. The summed E-state index contributed by atoms with van der Waals surface area (Å²) in [6.45, 7) is 7.60. The Balaban J connectivity index is 1.37. The molecular formula is C31H34F4N8O2Si. The molecule has 6 rings (SSSR count). The molecule has 1 aliphatic carbocycles. The van der Waals surface area contributed by atoms with Gasteiger partial charge in [-0.3, -0.25) is 0 Å². The van der Waals surface area contributed by atoms with Crippen LogP contribution in [0.4, 0.5) is 17.6 Å². The minimum Gasteiger partial charge on any atom is -0.480 e. The number of nitrogens with zero attached hydrogens (tertiary/aromatic N) is 8. The second-order valence-electron chi connectivity index (χ2n) is 12.7. The summed E-state index contributed by atoms with van der Waals surface area (Å²) in [4.78, 5) is 21.6. The molecule has 15 heteroatoms. The summed E-state index contributed by atoms with van der Waals surface area (Å²) in [5.74, 6) is 0.601. The van der Waals surface area contributed by atoms with Crippen molar-refractivity contribution >= 4 is 19.1 Å². The highest BCUT2D eigenvalue weighted by Crippen LogP contribution is 2.52. The number of alkyl halides is 4. The molecule has 0 amide bonds. The number of benzene rings is 1. The van der Waals surface area contributed by atoms with Crippen molar-refractivity contribution in [2.24, 2.45) is 7.05 Å². The van der Waals surface area contributed by atoms with Crippen molar-refractivity contribution in [2.75, 3.05) is 13.7 Å². The highest BCUT2D eigenvalue weighted by molar-refractivity contribution is 6.76. The summed E-state index contributed by atoms with van der Waals surface area (Å²) in [6, 6.07) is 8.13. The second-order valence-corrected chi connectivity index (χ2v) is 18.3. The maximum atomic E-state index is 15.4. The van der Waals surface area contributed by atoms with Crippen LogP contribution in [-0.4, -0.2) is 61.1 Å². The monoisotopic (exact) mass is 654 g/mol. The fourth-order valence-electron chi connectivity index (χ4n) is 5.15. The van der Waals surface area contributed by atoms with E-state index in [4.69, 9.17) is 19.6 Å². The number of hydrogen-bond acceptors (Lipinski definition) is 8. The molecule has 1 fully saturated rings. The molecule has 0 aliphatic heterocycles. The van der Waals surface area contributed by atoms with Gasteiger partial charge in [0.1, 0.15) is 35.5 Å². The fourth-order valence-corrected chi connectivity index (χ4v) is 5.91. The van der Waals surface area contributed by atoms with Crippen LogP contribution in [0.5, 0.6) is 5.88 Å². The molecule has 46 heavy (non-hydrogen) atoms. The van der Waals surface area contributed by atoms with Crippen LogP contribution in [0.1, 0.15) is 35.5 Å². The Bertz CT molecular complexity index is 1880. The standard InChI is InChI=1S/C31H34F4N8O2Si/c1-42-16-23(31(33,34)35)39-28(42)20-8-6-19(7-9-20)14-22-25-21(41-43(22)18-45-12-13-46(3,4)5)15-36-27(40-25)24-26(30(32)10-11-30)37-17-38-29(24)44-2/h6-9,15-17H,10-14,18H2,1-5H3. The zero-order valence-electron chi connectivity index (χ0n) is 26.2. The van der Waals surface area contributed by atoms with E-state index in [9.17, 15) is 13.2 Å². The first-order valence-electron chi connectivity index (χ1n) is 14.8. The summed E-state index contributed by atoms with van der Waals surface area (Å²) in [5, 5.41) is 4.73. The van der Waals surface area contributed by atoms with Crippen molar-refractivity contribution in [3.05, 3.63) is 65.6 Å². The summed E-state index contributed by atoms with van der Waals surface area (Å²) in [7, 11) is 1.66. The third-order valence-corrected chi connectivity index (χ3v) is 9.59. The van der Waals surface area contributed by atoms with Crippen LogP contribution >= 0.6 is 0 Å². The molecule has 4 aromatic heterocycles. The number of aryl methyl sites for hydroxylation is 1. The van der Waals surface area contributed by atoms with E-state index in [2.05, 4.69) is 39.6 Å². The molecule has 10 nitrogen and oxygen atoms in total. The van der Waals surface area contributed by atoms with Crippen LogP contribution in [0.15, 0.2) is 43.0 Å². The Morgan fingerprint density at radius 3 is 2.39 bits per heavy atom. The Morgan fingerprint density at radius 1 is 1.02 bits per heavy atom. The van der Waals surface area contributed by atoms with E-state index >= 15 is 4.39 Å². The van der Waals surface area contributed by atoms with Gasteiger partial charge in [-0.2, -0.15) is 18.3 Å². The summed E-state index contributed by atoms with van der Waals surface area (Å²) in [6.07, 6.45) is 0.346. The lowest BCUT2D eigenvalue weighted by atomic mass is 10.1. The molecule has 0 bridgehead atoms. The molecule has 1 aliphatic rings. The highest BCUT2D eigenvalue weighted by atomic mass is 28.3. The fraction of sp³-hybridized carbons (Fsp3) is 0.419. The Labute approximate surface area is 263 Å². The van der Waals surface area contributed by atoms with Gasteiger partial charge in [0.15, 0.2) is 17.2 Å². The van der Waals surface area contributed by atoms with E-state index in [1.165, 1.54) is 25.1 Å². The second kappa shape index (κ2) is 11.8. The zero-order valence-corrected chi connectivity index (χ0v) is 27.2. The number of hydrogen-bond donors (Lipinski definition) is 0. The number of halogens is 4. The number of methoxy groups -OCH3 is 1. The predicted molar refractivity (Wildman–Crippen MR) is 165 cm³/mol. The summed E-state index contributed by atoms with van der Waals surface area (Å²) in [5.41, 5.74) is 1.17. The van der Waals surface area contributed by atoms with Gasteiger partial charge in [0, 0.05) is 39.9 Å². The van der Waals surface area contributed by atoms with Crippen LogP contribution in [0.25, 0.3) is 33.8 Å². The van der Waals surface area contributed by atoms with Gasteiger partial charge in [-0.05, 0) is 24.4 Å². The number of imidazole rings is 1. The molecular weight excluding hydrogens is 620 g/mol. The van der Waals surface area contributed by atoms with Crippen molar-refractivity contribution in [2.45, 2.75) is 63.5 Å². The third-order valence-electron chi connectivity index (χ3n) is 7.89. The zero-order chi connectivity index (χ0) is 32.9. The minimum atomic E-state index is -4.53. The molecule has 1 saturated carbocycles. The van der Waals surface area contributed by atoms with Gasteiger partial charge in [-0.1, -0.05) is 43.9 Å². The number of fused-ring (bicyclic) bond motifs is 1. The van der Waals surface area contributed by atoms with E-state index in [1.54, 1.807) is 23.0 Å². The van der Waals surface area contributed by atoms with Crippen LogP contribution in [-0.2, 0) is 36.8 Å². The van der Waals surface area contributed by atoms with Gasteiger partial charge >= 0.3 is 6.18 Å².